The first-order chi connectivity index (χ1) is 18.8. The van der Waals surface area contributed by atoms with E-state index in [4.69, 9.17) is 49.4 Å². The summed E-state index contributed by atoms with van der Waals surface area (Å²) < 4.78 is 45.6. The van der Waals surface area contributed by atoms with Crippen LogP contribution in [0.1, 0.15) is 55.4 Å². The number of nitrogens with two attached hydrogens (primary N) is 2. The van der Waals surface area contributed by atoms with Crippen LogP contribution in [-0.4, -0.2) is 120 Å². The van der Waals surface area contributed by atoms with Crippen LogP contribution in [0.25, 0.3) is 0 Å². The SMILES string of the molecule is CC1(C)OC[C@@H](N)C([C@@H]2OC(C)(C)OC2CO)O1.CC1(C)OC[C@@H](NC(=O)C(N)=O)C([C@@H]2OC(C)(C)OC2CO)O1. The molecule has 0 bridgehead atoms. The first kappa shape index (κ1) is 34.0. The average molecular weight is 594 g/mol. The van der Waals surface area contributed by atoms with Gasteiger partial charge in [-0.3, -0.25) is 9.59 Å². The molecule has 4 unspecified atom stereocenters. The predicted octanol–water partition coefficient (Wildman–Crippen LogP) is -1.40. The van der Waals surface area contributed by atoms with Gasteiger partial charge in [-0.2, -0.15) is 0 Å². The number of carbonyl (C=O) groups excluding carboxylic acids is 2. The molecule has 4 saturated heterocycles. The summed E-state index contributed by atoms with van der Waals surface area (Å²) in [6.07, 6.45) is -3.12. The third-order valence-corrected chi connectivity index (χ3v) is 6.88. The number of aliphatic hydroxyl groups excluding tert-OH is 2. The molecule has 4 rings (SSSR count). The minimum atomic E-state index is -1.10. The van der Waals surface area contributed by atoms with Crippen LogP contribution in [0.4, 0.5) is 0 Å². The molecule has 0 aromatic heterocycles. The molecule has 4 fully saturated rings. The normalized spacial score (nSPS) is 38.9. The van der Waals surface area contributed by atoms with Crippen LogP contribution in [0.3, 0.4) is 0 Å². The Labute approximate surface area is 240 Å². The van der Waals surface area contributed by atoms with E-state index in [0.29, 0.717) is 6.61 Å². The summed E-state index contributed by atoms with van der Waals surface area (Å²) in [4.78, 5) is 22.6. The van der Waals surface area contributed by atoms with Crippen LogP contribution in [-0.2, 0) is 47.5 Å². The molecule has 0 saturated carbocycles. The van der Waals surface area contributed by atoms with Crippen LogP contribution in [0.15, 0.2) is 0 Å². The van der Waals surface area contributed by atoms with Crippen LogP contribution in [0, 0.1) is 0 Å². The number of hydrogen-bond donors (Lipinski definition) is 5. The largest absolute Gasteiger partial charge is 0.394 e. The highest BCUT2D eigenvalue weighted by molar-refractivity contribution is 6.34. The summed E-state index contributed by atoms with van der Waals surface area (Å²) in [7, 11) is 0. The lowest BCUT2D eigenvalue weighted by atomic mass is 9.99. The Hall–Kier alpha value is -1.50. The van der Waals surface area contributed by atoms with Crippen molar-refractivity contribution in [1.82, 2.24) is 5.32 Å². The average Bonchev–Trinajstić information content (AvgIpc) is 3.35. The fourth-order valence-corrected chi connectivity index (χ4v) is 5.21. The van der Waals surface area contributed by atoms with Crippen molar-refractivity contribution in [3.8, 4) is 0 Å². The van der Waals surface area contributed by atoms with Gasteiger partial charge in [-0.25, -0.2) is 0 Å². The number of nitrogens with one attached hydrogen (secondary N) is 1. The molecule has 15 heteroatoms. The summed E-state index contributed by atoms with van der Waals surface area (Å²) in [5, 5.41) is 21.4. The van der Waals surface area contributed by atoms with Crippen LogP contribution >= 0.6 is 0 Å². The van der Waals surface area contributed by atoms with Crippen molar-refractivity contribution in [2.75, 3.05) is 26.4 Å². The van der Waals surface area contributed by atoms with E-state index in [1.807, 2.05) is 27.7 Å². The lowest BCUT2D eigenvalue weighted by Crippen LogP contribution is -2.62. The van der Waals surface area contributed by atoms with Gasteiger partial charge in [-0.1, -0.05) is 0 Å². The minimum Gasteiger partial charge on any atom is -0.394 e. The molecule has 8 atom stereocenters. The summed E-state index contributed by atoms with van der Waals surface area (Å²) >= 11 is 0. The molecule has 4 heterocycles. The molecule has 41 heavy (non-hydrogen) atoms. The van der Waals surface area contributed by atoms with E-state index in [-0.39, 0.29) is 38.1 Å². The molecular formula is C26H47N3O12. The molecule has 0 spiro atoms. The van der Waals surface area contributed by atoms with Crippen molar-refractivity contribution in [2.24, 2.45) is 11.5 Å². The lowest BCUT2D eigenvalue weighted by molar-refractivity contribution is -0.302. The van der Waals surface area contributed by atoms with Gasteiger partial charge in [0.05, 0.1) is 38.5 Å². The van der Waals surface area contributed by atoms with Gasteiger partial charge in [0.25, 0.3) is 0 Å². The molecule has 4 aliphatic rings. The number of primary amides is 1. The molecular weight excluding hydrogens is 546 g/mol. The van der Waals surface area contributed by atoms with Gasteiger partial charge in [-0.05, 0) is 55.4 Å². The predicted molar refractivity (Wildman–Crippen MR) is 141 cm³/mol. The highest BCUT2D eigenvalue weighted by atomic mass is 16.8. The zero-order valence-corrected chi connectivity index (χ0v) is 25.1. The highest BCUT2D eigenvalue weighted by Gasteiger charge is 2.52. The quantitative estimate of drug-likeness (QED) is 0.232. The summed E-state index contributed by atoms with van der Waals surface area (Å²) in [5.41, 5.74) is 11.0. The molecule has 0 aromatic carbocycles. The summed E-state index contributed by atoms with van der Waals surface area (Å²) in [5.74, 6) is -5.28. The Balaban J connectivity index is 0.000000232. The Morgan fingerprint density at radius 3 is 1.56 bits per heavy atom. The molecule has 15 nitrogen and oxygen atoms in total. The van der Waals surface area contributed by atoms with Gasteiger partial charge in [0.15, 0.2) is 23.1 Å². The van der Waals surface area contributed by atoms with E-state index in [9.17, 15) is 19.8 Å². The van der Waals surface area contributed by atoms with Crippen molar-refractivity contribution in [3.63, 3.8) is 0 Å². The second-order valence-electron chi connectivity index (χ2n) is 12.3. The molecule has 2 amide bonds. The highest BCUT2D eigenvalue weighted by Crippen LogP contribution is 2.36. The number of amides is 2. The van der Waals surface area contributed by atoms with Gasteiger partial charge in [-0.15, -0.1) is 0 Å². The Kier molecular flexibility index (Phi) is 10.5. The fraction of sp³-hybridized carbons (Fsp3) is 0.923. The molecule has 7 N–H and O–H groups in total. The van der Waals surface area contributed by atoms with E-state index >= 15 is 0 Å². The van der Waals surface area contributed by atoms with Crippen molar-refractivity contribution < 1.29 is 57.7 Å². The lowest BCUT2D eigenvalue weighted by Gasteiger charge is -2.43. The van der Waals surface area contributed by atoms with Crippen molar-refractivity contribution in [3.05, 3.63) is 0 Å². The standard InChI is InChI=1S/C14H24N2O7.C12H23NO5/c1-13(2)20-6-7(16-12(19)11(15)18)9(22-13)10-8(5-17)21-14(3,4)23-10;1-11(2)15-6-7(13)9(17-11)10-8(5-14)16-12(3,4)18-10/h7-10,17H,5-6H2,1-4H3,(H2,15,18)(H,16,19);7-10,14H,5-6,13H2,1-4H3/t2*7-,8?,9?,10-/m11/s1. The minimum absolute atomic E-state index is 0.106. The maximum atomic E-state index is 11.6. The van der Waals surface area contributed by atoms with Gasteiger partial charge in [0.1, 0.15) is 36.6 Å². The second-order valence-corrected chi connectivity index (χ2v) is 12.3. The third-order valence-electron chi connectivity index (χ3n) is 6.88. The molecule has 238 valence electrons. The maximum Gasteiger partial charge on any atom is 0.309 e. The number of carbonyl (C=O) groups is 2. The van der Waals surface area contributed by atoms with E-state index in [1.165, 1.54) is 0 Å². The Bertz CT molecular complexity index is 927. The zero-order chi connectivity index (χ0) is 31.0. The van der Waals surface area contributed by atoms with Crippen LogP contribution in [0.2, 0.25) is 0 Å². The monoisotopic (exact) mass is 593 g/mol. The van der Waals surface area contributed by atoms with Gasteiger partial charge < -0.3 is 64.9 Å². The number of hydrogen-bond acceptors (Lipinski definition) is 13. The van der Waals surface area contributed by atoms with Crippen molar-refractivity contribution in [2.45, 2.75) is 127 Å². The van der Waals surface area contributed by atoms with E-state index in [2.05, 4.69) is 5.32 Å². The maximum absolute atomic E-state index is 11.6. The fourth-order valence-electron chi connectivity index (χ4n) is 5.21. The van der Waals surface area contributed by atoms with E-state index in [0.717, 1.165) is 0 Å². The Morgan fingerprint density at radius 2 is 1.10 bits per heavy atom. The molecule has 4 aliphatic heterocycles. The van der Waals surface area contributed by atoms with Gasteiger partial charge in [0.2, 0.25) is 0 Å². The third kappa shape index (κ3) is 8.76. The topological polar surface area (TPSA) is 213 Å². The van der Waals surface area contributed by atoms with E-state index < -0.39 is 65.4 Å². The Morgan fingerprint density at radius 1 is 0.683 bits per heavy atom. The van der Waals surface area contributed by atoms with Gasteiger partial charge >= 0.3 is 11.8 Å². The first-order valence-electron chi connectivity index (χ1n) is 13.7. The molecule has 0 aromatic rings. The first-order valence-corrected chi connectivity index (χ1v) is 13.7. The number of aliphatic hydroxyl groups is 2. The molecule has 0 aliphatic carbocycles. The van der Waals surface area contributed by atoms with Crippen LogP contribution < -0.4 is 16.8 Å². The summed E-state index contributed by atoms with van der Waals surface area (Å²) in [6.45, 7) is 14.3. The number of rotatable bonds is 5. The van der Waals surface area contributed by atoms with E-state index in [1.54, 1.807) is 27.7 Å². The number of ether oxygens (including phenoxy) is 8. The zero-order valence-electron chi connectivity index (χ0n) is 25.1. The smallest absolute Gasteiger partial charge is 0.309 e. The van der Waals surface area contributed by atoms with Crippen molar-refractivity contribution >= 4 is 11.8 Å². The second kappa shape index (κ2) is 12.6. The molecule has 0 radical (unpaired) electrons. The van der Waals surface area contributed by atoms with Gasteiger partial charge in [0, 0.05) is 0 Å². The summed E-state index contributed by atoms with van der Waals surface area (Å²) in [6, 6.07) is -0.964. The van der Waals surface area contributed by atoms with Crippen molar-refractivity contribution in [1.29, 1.82) is 0 Å². The van der Waals surface area contributed by atoms with Crippen LogP contribution in [0.5, 0.6) is 0 Å².